The average Bonchev–Trinajstić information content (AvgIpc) is 2.32. The zero-order chi connectivity index (χ0) is 9.52. The molecule has 1 aliphatic heterocycles. The molecule has 13 heavy (non-hydrogen) atoms. The second-order valence-corrected chi connectivity index (χ2v) is 3.90. The van der Waals surface area contributed by atoms with E-state index in [0.29, 0.717) is 6.54 Å². The Kier molecular flexibility index (Phi) is 5.09. The van der Waals surface area contributed by atoms with Gasteiger partial charge in [-0.25, -0.2) is 0 Å². The highest BCUT2D eigenvalue weighted by Gasteiger charge is 2.14. The molecule has 0 radical (unpaired) electrons. The summed E-state index contributed by atoms with van der Waals surface area (Å²) < 4.78 is 0. The molecule has 0 saturated carbocycles. The molecule has 0 amide bonds. The zero-order valence-corrected chi connectivity index (χ0v) is 8.71. The van der Waals surface area contributed by atoms with E-state index in [9.17, 15) is 0 Å². The molecule has 0 aromatic carbocycles. The smallest absolute Gasteiger partial charge is 0.0166 e. The summed E-state index contributed by atoms with van der Waals surface area (Å²) in [6, 6.07) is 0.755. The molecule has 1 unspecified atom stereocenters. The molecule has 0 spiro atoms. The highest BCUT2D eigenvalue weighted by Crippen LogP contribution is 2.15. The van der Waals surface area contributed by atoms with Gasteiger partial charge in [0.25, 0.3) is 0 Å². The maximum Gasteiger partial charge on any atom is 0.0166 e. The Labute approximate surface area is 81.8 Å². The number of rotatable bonds is 3. The van der Waals surface area contributed by atoms with Crippen molar-refractivity contribution in [1.82, 2.24) is 4.90 Å². The zero-order valence-electron chi connectivity index (χ0n) is 8.71. The summed E-state index contributed by atoms with van der Waals surface area (Å²) in [6.07, 6.45) is 9.77. The SMILES string of the molecule is CC1CCCCCN1CC=CCN. The van der Waals surface area contributed by atoms with E-state index in [1.165, 1.54) is 32.2 Å². The quantitative estimate of drug-likeness (QED) is 0.674. The van der Waals surface area contributed by atoms with Crippen molar-refractivity contribution in [2.24, 2.45) is 5.73 Å². The summed E-state index contributed by atoms with van der Waals surface area (Å²) in [4.78, 5) is 2.55. The van der Waals surface area contributed by atoms with Crippen molar-refractivity contribution >= 4 is 0 Å². The van der Waals surface area contributed by atoms with Gasteiger partial charge >= 0.3 is 0 Å². The lowest BCUT2D eigenvalue weighted by atomic mass is 10.1. The molecule has 1 atom stereocenters. The minimum absolute atomic E-state index is 0.669. The van der Waals surface area contributed by atoms with E-state index in [0.717, 1.165) is 12.6 Å². The van der Waals surface area contributed by atoms with Gasteiger partial charge in [0.05, 0.1) is 0 Å². The third kappa shape index (κ3) is 3.92. The largest absolute Gasteiger partial charge is 0.327 e. The van der Waals surface area contributed by atoms with E-state index in [2.05, 4.69) is 24.0 Å². The van der Waals surface area contributed by atoms with Gasteiger partial charge in [-0.2, -0.15) is 0 Å². The first kappa shape index (κ1) is 10.7. The summed E-state index contributed by atoms with van der Waals surface area (Å²) in [6.45, 7) is 5.35. The Hall–Kier alpha value is -0.340. The van der Waals surface area contributed by atoms with Crippen molar-refractivity contribution in [2.45, 2.75) is 38.6 Å². The van der Waals surface area contributed by atoms with Crippen LogP contribution in [0.1, 0.15) is 32.6 Å². The summed E-state index contributed by atoms with van der Waals surface area (Å²) in [5.74, 6) is 0. The Morgan fingerprint density at radius 1 is 1.31 bits per heavy atom. The van der Waals surface area contributed by atoms with Gasteiger partial charge in [0.1, 0.15) is 0 Å². The van der Waals surface area contributed by atoms with E-state index >= 15 is 0 Å². The highest BCUT2D eigenvalue weighted by molar-refractivity contribution is 4.87. The lowest BCUT2D eigenvalue weighted by Gasteiger charge is -2.25. The second kappa shape index (κ2) is 6.17. The monoisotopic (exact) mass is 182 g/mol. The van der Waals surface area contributed by atoms with Gasteiger partial charge in [-0.15, -0.1) is 0 Å². The molecular formula is C11H22N2. The minimum Gasteiger partial charge on any atom is -0.327 e. The first-order valence-electron chi connectivity index (χ1n) is 5.43. The van der Waals surface area contributed by atoms with Crippen LogP contribution in [0.4, 0.5) is 0 Å². The molecule has 0 aromatic rings. The van der Waals surface area contributed by atoms with Crippen LogP contribution in [0.15, 0.2) is 12.2 Å². The minimum atomic E-state index is 0.669. The number of hydrogen-bond acceptors (Lipinski definition) is 2. The van der Waals surface area contributed by atoms with Gasteiger partial charge in [0.15, 0.2) is 0 Å². The summed E-state index contributed by atoms with van der Waals surface area (Å²) in [5, 5.41) is 0. The van der Waals surface area contributed by atoms with Crippen LogP contribution in [0.5, 0.6) is 0 Å². The molecule has 1 saturated heterocycles. The molecule has 1 aliphatic rings. The summed E-state index contributed by atoms with van der Waals surface area (Å²) in [5.41, 5.74) is 5.40. The van der Waals surface area contributed by atoms with Gasteiger partial charge in [0, 0.05) is 19.1 Å². The van der Waals surface area contributed by atoms with E-state index in [1.54, 1.807) is 0 Å². The first-order chi connectivity index (χ1) is 6.34. The van der Waals surface area contributed by atoms with E-state index < -0.39 is 0 Å². The van der Waals surface area contributed by atoms with E-state index in [-0.39, 0.29) is 0 Å². The molecule has 76 valence electrons. The fraction of sp³-hybridized carbons (Fsp3) is 0.818. The highest BCUT2D eigenvalue weighted by atomic mass is 15.1. The third-order valence-corrected chi connectivity index (χ3v) is 2.83. The number of likely N-dealkylation sites (tertiary alicyclic amines) is 1. The van der Waals surface area contributed by atoms with Crippen LogP contribution < -0.4 is 5.73 Å². The summed E-state index contributed by atoms with van der Waals surface area (Å²) >= 11 is 0. The number of hydrogen-bond donors (Lipinski definition) is 1. The molecule has 0 bridgehead atoms. The molecule has 0 aromatic heterocycles. The Balaban J connectivity index is 2.31. The maximum absolute atomic E-state index is 5.40. The van der Waals surface area contributed by atoms with Crippen LogP contribution in [-0.2, 0) is 0 Å². The van der Waals surface area contributed by atoms with Crippen molar-refractivity contribution in [2.75, 3.05) is 19.6 Å². The molecule has 1 rings (SSSR count). The molecule has 1 fully saturated rings. The van der Waals surface area contributed by atoms with Gasteiger partial charge in [-0.05, 0) is 26.3 Å². The first-order valence-corrected chi connectivity index (χ1v) is 5.43. The van der Waals surface area contributed by atoms with Crippen LogP contribution >= 0.6 is 0 Å². The Morgan fingerprint density at radius 2 is 2.15 bits per heavy atom. The molecule has 2 nitrogen and oxygen atoms in total. The Morgan fingerprint density at radius 3 is 2.92 bits per heavy atom. The summed E-state index contributed by atoms with van der Waals surface area (Å²) in [7, 11) is 0. The molecule has 1 heterocycles. The normalized spacial score (nSPS) is 26.5. The maximum atomic E-state index is 5.40. The molecule has 2 heteroatoms. The lowest BCUT2D eigenvalue weighted by Crippen LogP contribution is -2.32. The van der Waals surface area contributed by atoms with Crippen molar-refractivity contribution in [1.29, 1.82) is 0 Å². The van der Waals surface area contributed by atoms with Crippen molar-refractivity contribution in [3.63, 3.8) is 0 Å². The molecule has 0 aliphatic carbocycles. The fourth-order valence-corrected chi connectivity index (χ4v) is 1.91. The van der Waals surface area contributed by atoms with E-state index in [4.69, 9.17) is 5.73 Å². The van der Waals surface area contributed by atoms with Gasteiger partial charge in [0.2, 0.25) is 0 Å². The van der Waals surface area contributed by atoms with Gasteiger partial charge in [-0.1, -0.05) is 25.0 Å². The molecular weight excluding hydrogens is 160 g/mol. The predicted molar refractivity (Wildman–Crippen MR) is 57.7 cm³/mol. The molecule has 2 N–H and O–H groups in total. The second-order valence-electron chi connectivity index (χ2n) is 3.90. The van der Waals surface area contributed by atoms with Gasteiger partial charge < -0.3 is 5.73 Å². The number of nitrogens with zero attached hydrogens (tertiary/aromatic N) is 1. The average molecular weight is 182 g/mol. The Bertz CT molecular complexity index is 154. The lowest BCUT2D eigenvalue weighted by molar-refractivity contribution is 0.237. The van der Waals surface area contributed by atoms with Crippen molar-refractivity contribution in [3.8, 4) is 0 Å². The van der Waals surface area contributed by atoms with Crippen molar-refractivity contribution < 1.29 is 0 Å². The van der Waals surface area contributed by atoms with Crippen LogP contribution in [-0.4, -0.2) is 30.6 Å². The number of nitrogens with two attached hydrogens (primary N) is 1. The van der Waals surface area contributed by atoms with Crippen LogP contribution in [0.3, 0.4) is 0 Å². The predicted octanol–water partition coefficient (Wildman–Crippen LogP) is 1.77. The van der Waals surface area contributed by atoms with Crippen LogP contribution in [0.2, 0.25) is 0 Å². The van der Waals surface area contributed by atoms with E-state index in [1.807, 2.05) is 0 Å². The topological polar surface area (TPSA) is 29.3 Å². The van der Waals surface area contributed by atoms with Crippen LogP contribution in [0, 0.1) is 0 Å². The third-order valence-electron chi connectivity index (χ3n) is 2.83. The van der Waals surface area contributed by atoms with Crippen molar-refractivity contribution in [3.05, 3.63) is 12.2 Å². The van der Waals surface area contributed by atoms with Gasteiger partial charge in [-0.3, -0.25) is 4.90 Å². The fourth-order valence-electron chi connectivity index (χ4n) is 1.91. The standard InChI is InChI=1S/C11H22N2/c1-11-7-3-2-5-9-13(11)10-6-4-8-12/h4,6,11H,2-3,5,7-10,12H2,1H3. The van der Waals surface area contributed by atoms with Crippen LogP contribution in [0.25, 0.3) is 0 Å².